The summed E-state index contributed by atoms with van der Waals surface area (Å²) in [5.74, 6) is 0.616. The van der Waals surface area contributed by atoms with Gasteiger partial charge in [-0.05, 0) is 36.5 Å². The van der Waals surface area contributed by atoms with Gasteiger partial charge in [-0.25, -0.2) is 0 Å². The van der Waals surface area contributed by atoms with Crippen LogP contribution < -0.4 is 10.6 Å². The fraction of sp³-hybridized carbons (Fsp3) is 0.611. The van der Waals surface area contributed by atoms with Gasteiger partial charge in [0.1, 0.15) is 0 Å². The summed E-state index contributed by atoms with van der Waals surface area (Å²) in [5, 5.41) is 6.47. The summed E-state index contributed by atoms with van der Waals surface area (Å²) in [6.07, 6.45) is 7.09. The molecule has 0 unspecified atom stereocenters. The van der Waals surface area contributed by atoms with Crippen LogP contribution in [-0.2, 0) is 4.79 Å². The number of nitrogens with one attached hydrogen (secondary N) is 2. The zero-order valence-corrected chi connectivity index (χ0v) is 13.3. The van der Waals surface area contributed by atoms with Crippen LogP contribution in [0, 0.1) is 0 Å². The highest BCUT2D eigenvalue weighted by Gasteiger charge is 2.12. The van der Waals surface area contributed by atoms with Crippen molar-refractivity contribution in [1.82, 2.24) is 5.32 Å². The van der Waals surface area contributed by atoms with E-state index in [9.17, 15) is 4.79 Å². The minimum absolute atomic E-state index is 0.0932. The molecular weight excluding hydrogens is 260 g/mol. The smallest absolute Gasteiger partial charge is 0.225 e. The number of carbonyl (C=O) groups is 1. The molecule has 1 aliphatic carbocycles. The molecular formula is C18H28N2O. The first-order chi connectivity index (χ1) is 10.1. The molecule has 1 aromatic carbocycles. The average molecular weight is 288 g/mol. The van der Waals surface area contributed by atoms with Gasteiger partial charge < -0.3 is 10.6 Å². The Bertz CT molecular complexity index is 433. The third-order valence-electron chi connectivity index (χ3n) is 4.25. The van der Waals surface area contributed by atoms with Crippen LogP contribution in [0.15, 0.2) is 24.3 Å². The highest BCUT2D eigenvalue weighted by atomic mass is 16.1. The molecule has 0 saturated heterocycles. The number of anilines is 1. The Morgan fingerprint density at radius 3 is 2.43 bits per heavy atom. The number of amides is 1. The molecule has 2 rings (SSSR count). The molecule has 21 heavy (non-hydrogen) atoms. The average Bonchev–Trinajstić information content (AvgIpc) is 2.49. The van der Waals surface area contributed by atoms with Gasteiger partial charge in [-0.3, -0.25) is 4.79 Å². The quantitative estimate of drug-likeness (QED) is 0.828. The molecule has 1 aromatic rings. The lowest BCUT2D eigenvalue weighted by atomic mass is 9.95. The molecule has 3 heteroatoms. The highest BCUT2D eigenvalue weighted by Crippen LogP contribution is 2.18. The van der Waals surface area contributed by atoms with E-state index >= 15 is 0 Å². The molecule has 0 bridgehead atoms. The van der Waals surface area contributed by atoms with E-state index < -0.39 is 0 Å². The number of rotatable bonds is 6. The Morgan fingerprint density at radius 2 is 1.81 bits per heavy atom. The van der Waals surface area contributed by atoms with Crippen molar-refractivity contribution in [3.8, 4) is 0 Å². The number of benzene rings is 1. The molecule has 1 amide bonds. The van der Waals surface area contributed by atoms with Crippen LogP contribution in [0.4, 0.5) is 5.69 Å². The zero-order valence-electron chi connectivity index (χ0n) is 13.3. The summed E-state index contributed by atoms with van der Waals surface area (Å²) in [6, 6.07) is 8.77. The van der Waals surface area contributed by atoms with Crippen LogP contribution in [0.5, 0.6) is 0 Å². The van der Waals surface area contributed by atoms with Crippen molar-refractivity contribution in [3.63, 3.8) is 0 Å². The Hall–Kier alpha value is -1.35. The third-order valence-corrected chi connectivity index (χ3v) is 4.25. The first-order valence-corrected chi connectivity index (χ1v) is 8.28. The summed E-state index contributed by atoms with van der Waals surface area (Å²) in [6.45, 7) is 5.12. The summed E-state index contributed by atoms with van der Waals surface area (Å²) in [7, 11) is 0. The monoisotopic (exact) mass is 288 g/mol. The van der Waals surface area contributed by atoms with E-state index in [0.717, 1.165) is 12.2 Å². The summed E-state index contributed by atoms with van der Waals surface area (Å²) >= 11 is 0. The SMILES string of the molecule is CC(C)c1ccc(NC(=O)CCNC2CCCCC2)cc1. The fourth-order valence-corrected chi connectivity index (χ4v) is 2.87. The molecule has 0 aromatic heterocycles. The van der Waals surface area contributed by atoms with Crippen molar-refractivity contribution >= 4 is 11.6 Å². The normalized spacial score (nSPS) is 16.1. The van der Waals surface area contributed by atoms with E-state index in [4.69, 9.17) is 0 Å². The van der Waals surface area contributed by atoms with E-state index in [2.05, 4.69) is 36.6 Å². The van der Waals surface area contributed by atoms with Gasteiger partial charge in [0.25, 0.3) is 0 Å². The second-order valence-corrected chi connectivity index (χ2v) is 6.36. The van der Waals surface area contributed by atoms with Gasteiger partial charge in [-0.1, -0.05) is 45.2 Å². The molecule has 0 atom stereocenters. The predicted molar refractivity (Wildman–Crippen MR) is 88.7 cm³/mol. The van der Waals surface area contributed by atoms with E-state index in [1.165, 1.54) is 37.7 Å². The molecule has 1 fully saturated rings. The lowest BCUT2D eigenvalue weighted by molar-refractivity contribution is -0.116. The van der Waals surface area contributed by atoms with E-state index in [-0.39, 0.29) is 5.91 Å². The van der Waals surface area contributed by atoms with Gasteiger partial charge in [-0.15, -0.1) is 0 Å². The molecule has 116 valence electrons. The Morgan fingerprint density at radius 1 is 1.14 bits per heavy atom. The molecule has 0 heterocycles. The molecule has 1 saturated carbocycles. The van der Waals surface area contributed by atoms with Crippen molar-refractivity contribution in [2.24, 2.45) is 0 Å². The molecule has 0 radical (unpaired) electrons. The van der Waals surface area contributed by atoms with Gasteiger partial charge in [0.05, 0.1) is 0 Å². The van der Waals surface area contributed by atoms with E-state index in [1.54, 1.807) is 0 Å². The number of hydrogen-bond acceptors (Lipinski definition) is 2. The predicted octanol–water partition coefficient (Wildman–Crippen LogP) is 4.06. The van der Waals surface area contributed by atoms with Crippen molar-refractivity contribution < 1.29 is 4.79 Å². The number of hydrogen-bond donors (Lipinski definition) is 2. The van der Waals surface area contributed by atoms with Crippen LogP contribution in [0.1, 0.15) is 63.9 Å². The van der Waals surface area contributed by atoms with Crippen molar-refractivity contribution in [2.45, 2.75) is 64.3 Å². The van der Waals surface area contributed by atoms with Crippen molar-refractivity contribution in [2.75, 3.05) is 11.9 Å². The standard InChI is InChI=1S/C18H28N2O/c1-14(2)15-8-10-17(11-9-15)20-18(21)12-13-19-16-6-4-3-5-7-16/h8-11,14,16,19H,3-7,12-13H2,1-2H3,(H,20,21). The van der Waals surface area contributed by atoms with Crippen LogP contribution in [0.3, 0.4) is 0 Å². The van der Waals surface area contributed by atoms with E-state index in [1.807, 2.05) is 12.1 Å². The first-order valence-electron chi connectivity index (χ1n) is 8.28. The van der Waals surface area contributed by atoms with Crippen LogP contribution in [0.2, 0.25) is 0 Å². The molecule has 2 N–H and O–H groups in total. The van der Waals surface area contributed by atoms with Gasteiger partial charge >= 0.3 is 0 Å². The number of carbonyl (C=O) groups excluding carboxylic acids is 1. The first kappa shape index (κ1) is 16.0. The molecule has 3 nitrogen and oxygen atoms in total. The van der Waals surface area contributed by atoms with Gasteiger partial charge in [-0.2, -0.15) is 0 Å². The van der Waals surface area contributed by atoms with Crippen molar-refractivity contribution in [3.05, 3.63) is 29.8 Å². The fourth-order valence-electron chi connectivity index (χ4n) is 2.87. The van der Waals surface area contributed by atoms with Crippen LogP contribution >= 0.6 is 0 Å². The Kier molecular flexibility index (Phi) is 6.24. The van der Waals surface area contributed by atoms with E-state index in [0.29, 0.717) is 18.4 Å². The summed E-state index contributed by atoms with van der Waals surface area (Å²) < 4.78 is 0. The lowest BCUT2D eigenvalue weighted by Gasteiger charge is -2.22. The van der Waals surface area contributed by atoms with Crippen molar-refractivity contribution in [1.29, 1.82) is 0 Å². The minimum atomic E-state index is 0.0932. The highest BCUT2D eigenvalue weighted by molar-refractivity contribution is 5.90. The zero-order chi connectivity index (χ0) is 15.1. The molecule has 0 spiro atoms. The van der Waals surface area contributed by atoms with Crippen LogP contribution in [0.25, 0.3) is 0 Å². The minimum Gasteiger partial charge on any atom is -0.326 e. The lowest BCUT2D eigenvalue weighted by Crippen LogP contribution is -2.33. The van der Waals surface area contributed by atoms with Crippen LogP contribution in [-0.4, -0.2) is 18.5 Å². The van der Waals surface area contributed by atoms with Gasteiger partial charge in [0.15, 0.2) is 0 Å². The third kappa shape index (κ3) is 5.50. The Labute approximate surface area is 128 Å². The van der Waals surface area contributed by atoms with Gasteiger partial charge in [0, 0.05) is 24.7 Å². The topological polar surface area (TPSA) is 41.1 Å². The maximum Gasteiger partial charge on any atom is 0.225 e. The Balaban J connectivity index is 1.68. The maximum absolute atomic E-state index is 11.9. The second kappa shape index (κ2) is 8.18. The molecule has 0 aliphatic heterocycles. The van der Waals surface area contributed by atoms with Gasteiger partial charge in [0.2, 0.25) is 5.91 Å². The summed E-state index contributed by atoms with van der Waals surface area (Å²) in [4.78, 5) is 11.9. The molecule has 1 aliphatic rings. The largest absolute Gasteiger partial charge is 0.326 e. The maximum atomic E-state index is 11.9. The second-order valence-electron chi connectivity index (χ2n) is 6.36. The summed E-state index contributed by atoms with van der Waals surface area (Å²) in [5.41, 5.74) is 2.19.